The third-order valence-corrected chi connectivity index (χ3v) is 2.96. The van der Waals surface area contributed by atoms with E-state index in [2.05, 4.69) is 19.9 Å². The van der Waals surface area contributed by atoms with Crippen LogP contribution in [0.3, 0.4) is 0 Å². The van der Waals surface area contributed by atoms with Crippen molar-refractivity contribution < 1.29 is 14.3 Å². The van der Waals surface area contributed by atoms with E-state index in [0.717, 1.165) is 5.82 Å². The Morgan fingerprint density at radius 2 is 1.95 bits per heavy atom. The first-order valence-electron chi connectivity index (χ1n) is 6.21. The Hall–Kier alpha value is -2.96. The summed E-state index contributed by atoms with van der Waals surface area (Å²) >= 11 is 0. The van der Waals surface area contributed by atoms with Crippen LogP contribution in [0, 0.1) is 6.92 Å². The molecule has 0 saturated carbocycles. The summed E-state index contributed by atoms with van der Waals surface area (Å²) in [6.07, 6.45) is 3.37. The summed E-state index contributed by atoms with van der Waals surface area (Å²) in [6, 6.07) is 6.58. The number of hydrogen-bond acceptors (Lipinski definition) is 6. The number of hydrogen-bond donors (Lipinski definition) is 0. The highest BCUT2D eigenvalue weighted by molar-refractivity contribution is 5.89. The van der Waals surface area contributed by atoms with Gasteiger partial charge in [0.25, 0.3) is 5.88 Å². The van der Waals surface area contributed by atoms with E-state index in [1.165, 1.54) is 7.11 Å². The Kier molecular flexibility index (Phi) is 3.23. The van der Waals surface area contributed by atoms with Crippen molar-refractivity contribution in [3.05, 3.63) is 48.0 Å². The van der Waals surface area contributed by atoms with Crippen LogP contribution in [0.1, 0.15) is 16.2 Å². The van der Waals surface area contributed by atoms with Crippen molar-refractivity contribution in [1.29, 1.82) is 0 Å². The number of aromatic nitrogens is 4. The second-order valence-electron chi connectivity index (χ2n) is 4.29. The number of nitrogens with zero attached hydrogens (tertiary/aromatic N) is 4. The molecule has 2 aromatic heterocycles. The number of methoxy groups -OCH3 is 1. The van der Waals surface area contributed by atoms with Crippen LogP contribution >= 0.6 is 0 Å². The topological polar surface area (TPSA) is 78.6 Å². The van der Waals surface area contributed by atoms with Crippen molar-refractivity contribution in [2.75, 3.05) is 7.11 Å². The lowest BCUT2D eigenvalue weighted by Gasteiger charge is -2.06. The average molecular weight is 284 g/mol. The first kappa shape index (κ1) is 13.0. The van der Waals surface area contributed by atoms with Gasteiger partial charge in [0.15, 0.2) is 0 Å². The van der Waals surface area contributed by atoms with Crippen molar-refractivity contribution in [2.24, 2.45) is 0 Å². The summed E-state index contributed by atoms with van der Waals surface area (Å²) in [5.41, 5.74) is 0.987. The van der Waals surface area contributed by atoms with Gasteiger partial charge in [-0.3, -0.25) is 4.40 Å². The standard InChI is InChI=1S/C14H12N4O3/c1-9-16-17-12-13(15-7-8-18(9)12)21-11-5-3-10(4-6-11)14(19)20-2/h3-8H,1-2H3. The molecule has 3 rings (SSSR count). The van der Waals surface area contributed by atoms with E-state index in [-0.39, 0.29) is 0 Å². The minimum Gasteiger partial charge on any atom is -0.465 e. The van der Waals surface area contributed by atoms with Gasteiger partial charge >= 0.3 is 5.97 Å². The van der Waals surface area contributed by atoms with Crippen LogP contribution < -0.4 is 4.74 Å². The predicted molar refractivity (Wildman–Crippen MR) is 73.4 cm³/mol. The fraction of sp³-hybridized carbons (Fsp3) is 0.143. The Morgan fingerprint density at radius 3 is 2.67 bits per heavy atom. The Morgan fingerprint density at radius 1 is 1.19 bits per heavy atom. The maximum absolute atomic E-state index is 11.4. The normalized spacial score (nSPS) is 10.6. The lowest BCUT2D eigenvalue weighted by Crippen LogP contribution is -2.00. The molecule has 7 heteroatoms. The summed E-state index contributed by atoms with van der Waals surface area (Å²) in [5, 5.41) is 8.00. The molecule has 0 amide bonds. The molecule has 0 aliphatic carbocycles. The molecular weight excluding hydrogens is 272 g/mol. The van der Waals surface area contributed by atoms with Crippen molar-refractivity contribution in [1.82, 2.24) is 19.6 Å². The minimum atomic E-state index is -0.394. The van der Waals surface area contributed by atoms with Crippen LogP contribution in [-0.2, 0) is 4.74 Å². The Balaban J connectivity index is 1.90. The molecule has 0 aliphatic heterocycles. The van der Waals surface area contributed by atoms with Crippen LogP contribution in [0.15, 0.2) is 36.7 Å². The molecule has 1 aromatic carbocycles. The van der Waals surface area contributed by atoms with Gasteiger partial charge in [0.2, 0.25) is 5.65 Å². The average Bonchev–Trinajstić information content (AvgIpc) is 2.90. The summed E-state index contributed by atoms with van der Waals surface area (Å²) < 4.78 is 12.1. The van der Waals surface area contributed by atoms with Gasteiger partial charge in [-0.15, -0.1) is 10.2 Å². The molecule has 0 fully saturated rings. The molecule has 2 heterocycles. The van der Waals surface area contributed by atoms with Gasteiger partial charge in [0.1, 0.15) is 11.6 Å². The van der Waals surface area contributed by atoms with Crippen molar-refractivity contribution in [2.45, 2.75) is 6.92 Å². The number of benzene rings is 1. The third-order valence-electron chi connectivity index (χ3n) is 2.96. The maximum atomic E-state index is 11.4. The molecule has 106 valence electrons. The minimum absolute atomic E-state index is 0.351. The first-order valence-corrected chi connectivity index (χ1v) is 6.21. The van der Waals surface area contributed by atoms with E-state index >= 15 is 0 Å². The molecule has 3 aromatic rings. The lowest BCUT2D eigenvalue weighted by molar-refractivity contribution is 0.0600. The number of aryl methyl sites for hydroxylation is 1. The number of esters is 1. The fourth-order valence-corrected chi connectivity index (χ4v) is 1.88. The van der Waals surface area contributed by atoms with E-state index in [1.54, 1.807) is 41.1 Å². The van der Waals surface area contributed by atoms with Gasteiger partial charge in [-0.25, -0.2) is 9.78 Å². The third kappa shape index (κ3) is 2.40. The van der Waals surface area contributed by atoms with E-state index < -0.39 is 5.97 Å². The highest BCUT2D eigenvalue weighted by Gasteiger charge is 2.10. The summed E-state index contributed by atoms with van der Waals surface area (Å²) in [5.74, 6) is 1.25. The SMILES string of the molecule is COC(=O)c1ccc(Oc2nccn3c(C)nnc23)cc1. The number of ether oxygens (including phenoxy) is 2. The van der Waals surface area contributed by atoms with Gasteiger partial charge in [0, 0.05) is 12.4 Å². The van der Waals surface area contributed by atoms with Gasteiger partial charge in [-0.2, -0.15) is 0 Å². The predicted octanol–water partition coefficient (Wildman–Crippen LogP) is 2.01. The number of fused-ring (bicyclic) bond motifs is 1. The Bertz CT molecular complexity index is 796. The molecule has 0 bridgehead atoms. The molecule has 0 radical (unpaired) electrons. The first-order chi connectivity index (χ1) is 10.2. The largest absolute Gasteiger partial charge is 0.465 e. The monoisotopic (exact) mass is 284 g/mol. The van der Waals surface area contributed by atoms with Crippen molar-refractivity contribution >= 4 is 11.6 Å². The second-order valence-corrected chi connectivity index (χ2v) is 4.29. The molecule has 0 unspecified atom stereocenters. The van der Waals surface area contributed by atoms with Gasteiger partial charge in [-0.1, -0.05) is 0 Å². The number of rotatable bonds is 3. The molecule has 7 nitrogen and oxygen atoms in total. The molecule has 0 N–H and O–H groups in total. The van der Waals surface area contributed by atoms with Crippen LogP contribution in [0.2, 0.25) is 0 Å². The van der Waals surface area contributed by atoms with Gasteiger partial charge < -0.3 is 9.47 Å². The highest BCUT2D eigenvalue weighted by atomic mass is 16.5. The molecule has 0 atom stereocenters. The fourth-order valence-electron chi connectivity index (χ4n) is 1.88. The smallest absolute Gasteiger partial charge is 0.337 e. The summed E-state index contributed by atoms with van der Waals surface area (Å²) in [7, 11) is 1.34. The van der Waals surface area contributed by atoms with E-state index in [4.69, 9.17) is 4.74 Å². The van der Waals surface area contributed by atoms with Crippen LogP contribution in [0.5, 0.6) is 11.6 Å². The second kappa shape index (κ2) is 5.20. The van der Waals surface area contributed by atoms with Crippen LogP contribution in [0.4, 0.5) is 0 Å². The molecule has 0 spiro atoms. The molecule has 0 aliphatic rings. The van der Waals surface area contributed by atoms with Gasteiger partial charge in [0.05, 0.1) is 12.7 Å². The summed E-state index contributed by atoms with van der Waals surface area (Å²) in [6.45, 7) is 1.84. The zero-order chi connectivity index (χ0) is 14.8. The summed E-state index contributed by atoms with van der Waals surface area (Å²) in [4.78, 5) is 15.5. The zero-order valence-corrected chi connectivity index (χ0v) is 11.5. The number of carbonyl (C=O) groups excluding carboxylic acids is 1. The molecule has 0 saturated heterocycles. The van der Waals surface area contributed by atoms with E-state index in [1.807, 2.05) is 6.92 Å². The van der Waals surface area contributed by atoms with E-state index in [0.29, 0.717) is 22.8 Å². The van der Waals surface area contributed by atoms with E-state index in [9.17, 15) is 4.79 Å². The van der Waals surface area contributed by atoms with Crippen molar-refractivity contribution in [3.8, 4) is 11.6 Å². The van der Waals surface area contributed by atoms with Crippen LogP contribution in [0.25, 0.3) is 5.65 Å². The highest BCUT2D eigenvalue weighted by Crippen LogP contribution is 2.23. The lowest BCUT2D eigenvalue weighted by atomic mass is 10.2. The van der Waals surface area contributed by atoms with Gasteiger partial charge in [-0.05, 0) is 31.2 Å². The van der Waals surface area contributed by atoms with Crippen LogP contribution in [-0.4, -0.2) is 32.7 Å². The maximum Gasteiger partial charge on any atom is 0.337 e. The molecular formula is C14H12N4O3. The quantitative estimate of drug-likeness (QED) is 0.684. The zero-order valence-electron chi connectivity index (χ0n) is 11.5. The Labute approximate surface area is 120 Å². The van der Waals surface area contributed by atoms with Crippen molar-refractivity contribution in [3.63, 3.8) is 0 Å². The molecule has 21 heavy (non-hydrogen) atoms. The number of carbonyl (C=O) groups is 1.